The first-order valence-electron chi connectivity index (χ1n) is 10.4. The second-order valence-electron chi connectivity index (χ2n) is 8.42. The van der Waals surface area contributed by atoms with E-state index in [2.05, 4.69) is 16.4 Å². The summed E-state index contributed by atoms with van der Waals surface area (Å²) in [6.07, 6.45) is 4.71. The summed E-state index contributed by atoms with van der Waals surface area (Å²) >= 11 is 0. The summed E-state index contributed by atoms with van der Waals surface area (Å²) in [6.45, 7) is 3.37. The Bertz CT molecular complexity index is 946. The van der Waals surface area contributed by atoms with Gasteiger partial charge >= 0.3 is 0 Å². The zero-order valence-electron chi connectivity index (χ0n) is 17.1. The van der Waals surface area contributed by atoms with Gasteiger partial charge in [0.25, 0.3) is 11.8 Å². The highest BCUT2D eigenvalue weighted by molar-refractivity contribution is 5.92. The molecule has 2 bridgehead atoms. The van der Waals surface area contributed by atoms with Gasteiger partial charge in [-0.2, -0.15) is 5.26 Å². The van der Waals surface area contributed by atoms with Crippen LogP contribution in [0.25, 0.3) is 0 Å². The topological polar surface area (TPSA) is 98.2 Å². The second kappa shape index (κ2) is 8.62. The monoisotopic (exact) mass is 406 g/mol. The summed E-state index contributed by atoms with van der Waals surface area (Å²) in [6, 6.07) is 10.8. The van der Waals surface area contributed by atoms with Crippen molar-refractivity contribution in [1.82, 2.24) is 15.2 Å². The van der Waals surface area contributed by atoms with Gasteiger partial charge in [-0.05, 0) is 73.9 Å². The van der Waals surface area contributed by atoms with Crippen molar-refractivity contribution < 1.29 is 14.3 Å². The number of amides is 2. The lowest BCUT2D eigenvalue weighted by Crippen LogP contribution is -2.52. The smallest absolute Gasteiger partial charge is 0.267 e. The number of rotatable bonds is 5. The summed E-state index contributed by atoms with van der Waals surface area (Å²) in [5.41, 5.74) is 2.20. The molecular formula is C23H26N4O3. The molecular weight excluding hydrogens is 380 g/mol. The van der Waals surface area contributed by atoms with Gasteiger partial charge in [0.2, 0.25) is 0 Å². The van der Waals surface area contributed by atoms with E-state index in [1.54, 1.807) is 24.3 Å². The van der Waals surface area contributed by atoms with Gasteiger partial charge in [-0.1, -0.05) is 0 Å². The van der Waals surface area contributed by atoms with E-state index in [0.29, 0.717) is 41.9 Å². The highest BCUT2D eigenvalue weighted by atomic mass is 16.5. The lowest BCUT2D eigenvalue weighted by molar-refractivity contribution is -0.137. The van der Waals surface area contributed by atoms with Gasteiger partial charge < -0.3 is 19.9 Å². The Kier molecular flexibility index (Phi) is 5.75. The van der Waals surface area contributed by atoms with Crippen LogP contribution >= 0.6 is 0 Å². The maximum Gasteiger partial charge on any atom is 0.267 e. The van der Waals surface area contributed by atoms with Crippen molar-refractivity contribution in [3.63, 3.8) is 0 Å². The minimum absolute atomic E-state index is 0.00230. The Hall–Kier alpha value is -3.27. The van der Waals surface area contributed by atoms with Crippen LogP contribution in [0.4, 0.5) is 0 Å². The summed E-state index contributed by atoms with van der Waals surface area (Å²) in [5.74, 6) is 1.30. The van der Waals surface area contributed by atoms with Gasteiger partial charge in [-0.3, -0.25) is 9.59 Å². The number of nitrogens with zero attached hydrogens (tertiary/aromatic N) is 2. The van der Waals surface area contributed by atoms with Crippen LogP contribution in [0.2, 0.25) is 0 Å². The standard InChI is InChI=1S/C23H26N4O3/c1-15-6-21(25-11-15)23(29)26-19-8-17-7-18(9-19)13-27(12-17)22(28)14-30-20-4-2-16(10-24)3-5-20/h2-6,11,17-19,25H,7-9,12-14H2,1H3,(H,26,29)/t17-,18+,19?. The van der Waals surface area contributed by atoms with Gasteiger partial charge in [-0.15, -0.1) is 0 Å². The number of hydrogen-bond donors (Lipinski definition) is 2. The largest absolute Gasteiger partial charge is 0.484 e. The van der Waals surface area contributed by atoms with Crippen LogP contribution < -0.4 is 10.1 Å². The number of carbonyl (C=O) groups is 2. The van der Waals surface area contributed by atoms with Crippen molar-refractivity contribution in [2.45, 2.75) is 32.2 Å². The van der Waals surface area contributed by atoms with Crippen molar-refractivity contribution in [2.75, 3.05) is 19.7 Å². The van der Waals surface area contributed by atoms with Crippen molar-refractivity contribution in [1.29, 1.82) is 5.26 Å². The number of H-pyrrole nitrogens is 1. The Balaban J connectivity index is 1.27. The number of nitriles is 1. The minimum atomic E-state index is -0.0585. The van der Waals surface area contributed by atoms with Crippen molar-refractivity contribution in [2.24, 2.45) is 11.8 Å². The summed E-state index contributed by atoms with van der Waals surface area (Å²) in [7, 11) is 0. The minimum Gasteiger partial charge on any atom is -0.484 e. The number of hydrogen-bond acceptors (Lipinski definition) is 4. The van der Waals surface area contributed by atoms with Gasteiger partial charge in [0, 0.05) is 25.3 Å². The molecule has 1 aliphatic heterocycles. The maximum absolute atomic E-state index is 12.6. The van der Waals surface area contributed by atoms with E-state index in [9.17, 15) is 9.59 Å². The third-order valence-corrected chi connectivity index (χ3v) is 5.97. The van der Waals surface area contributed by atoms with Crippen LogP contribution in [0, 0.1) is 30.1 Å². The van der Waals surface area contributed by atoms with Crippen LogP contribution in [0.15, 0.2) is 36.5 Å². The van der Waals surface area contributed by atoms with E-state index in [1.165, 1.54) is 0 Å². The van der Waals surface area contributed by atoms with E-state index >= 15 is 0 Å². The number of benzene rings is 1. The fourth-order valence-corrected chi connectivity index (χ4v) is 4.64. The molecule has 1 saturated carbocycles. The van der Waals surface area contributed by atoms with Gasteiger partial charge in [0.05, 0.1) is 11.6 Å². The molecule has 2 aromatic rings. The molecule has 1 unspecified atom stereocenters. The Labute approximate surface area is 176 Å². The number of aromatic amines is 1. The average molecular weight is 406 g/mol. The number of ether oxygens (including phenoxy) is 1. The molecule has 2 heterocycles. The molecule has 1 aromatic heterocycles. The van der Waals surface area contributed by atoms with E-state index in [0.717, 1.165) is 24.8 Å². The number of piperidine rings is 1. The Morgan fingerprint density at radius 1 is 1.20 bits per heavy atom. The van der Waals surface area contributed by atoms with Crippen LogP contribution in [-0.4, -0.2) is 47.4 Å². The number of nitrogens with one attached hydrogen (secondary N) is 2. The van der Waals surface area contributed by atoms with Crippen molar-refractivity contribution in [3.05, 3.63) is 53.3 Å². The molecule has 156 valence electrons. The van der Waals surface area contributed by atoms with Gasteiger partial charge in [-0.25, -0.2) is 0 Å². The molecule has 2 fully saturated rings. The molecule has 30 heavy (non-hydrogen) atoms. The molecule has 1 aliphatic carbocycles. The van der Waals surface area contributed by atoms with E-state index in [4.69, 9.17) is 10.00 Å². The average Bonchev–Trinajstić information content (AvgIpc) is 3.18. The SMILES string of the molecule is Cc1c[nH]c(C(=O)NC2C[C@@H]3C[C@H](C2)CN(C(=O)COc2ccc(C#N)cc2)C3)c1. The highest BCUT2D eigenvalue weighted by Gasteiger charge is 2.37. The molecule has 2 amide bonds. The fourth-order valence-electron chi connectivity index (χ4n) is 4.64. The highest BCUT2D eigenvalue weighted by Crippen LogP contribution is 2.35. The molecule has 1 saturated heterocycles. The lowest BCUT2D eigenvalue weighted by Gasteiger charge is -2.44. The van der Waals surface area contributed by atoms with E-state index in [-0.39, 0.29) is 24.5 Å². The maximum atomic E-state index is 12.6. The first-order chi connectivity index (χ1) is 14.5. The molecule has 7 heteroatoms. The third-order valence-electron chi connectivity index (χ3n) is 5.97. The predicted molar refractivity (Wildman–Crippen MR) is 111 cm³/mol. The van der Waals surface area contributed by atoms with Crippen molar-refractivity contribution in [3.8, 4) is 11.8 Å². The van der Waals surface area contributed by atoms with Crippen LogP contribution in [-0.2, 0) is 4.79 Å². The summed E-state index contributed by atoms with van der Waals surface area (Å²) in [4.78, 5) is 30.0. The van der Waals surface area contributed by atoms with Crippen LogP contribution in [0.3, 0.4) is 0 Å². The van der Waals surface area contributed by atoms with Crippen molar-refractivity contribution >= 4 is 11.8 Å². The third kappa shape index (κ3) is 4.65. The molecule has 3 atom stereocenters. The number of fused-ring (bicyclic) bond motifs is 2. The van der Waals surface area contributed by atoms with Gasteiger partial charge in [0.15, 0.2) is 6.61 Å². The molecule has 2 N–H and O–H groups in total. The second-order valence-corrected chi connectivity index (χ2v) is 8.42. The number of likely N-dealkylation sites (tertiary alicyclic amines) is 1. The van der Waals surface area contributed by atoms with Crippen LogP contribution in [0.1, 0.15) is 40.9 Å². The van der Waals surface area contributed by atoms with Crippen LogP contribution in [0.5, 0.6) is 5.75 Å². The molecule has 2 aliphatic rings. The quantitative estimate of drug-likeness (QED) is 0.797. The van der Waals surface area contributed by atoms with E-state index < -0.39 is 0 Å². The Morgan fingerprint density at radius 2 is 1.90 bits per heavy atom. The number of carbonyl (C=O) groups excluding carboxylic acids is 2. The molecule has 7 nitrogen and oxygen atoms in total. The first kappa shape index (κ1) is 20.0. The summed E-state index contributed by atoms with van der Waals surface area (Å²) < 4.78 is 5.61. The van der Waals surface area contributed by atoms with Gasteiger partial charge in [0.1, 0.15) is 11.4 Å². The zero-order valence-corrected chi connectivity index (χ0v) is 17.1. The fraction of sp³-hybridized carbons (Fsp3) is 0.435. The molecule has 1 aromatic carbocycles. The van der Waals surface area contributed by atoms with E-state index in [1.807, 2.05) is 24.1 Å². The lowest BCUT2D eigenvalue weighted by atomic mass is 9.75. The Morgan fingerprint density at radius 3 is 2.50 bits per heavy atom. The zero-order chi connectivity index (χ0) is 21.1. The number of aromatic nitrogens is 1. The summed E-state index contributed by atoms with van der Waals surface area (Å²) in [5, 5.41) is 12.0. The first-order valence-corrected chi connectivity index (χ1v) is 10.4. The normalized spacial score (nSPS) is 22.8. The molecule has 0 spiro atoms. The molecule has 4 rings (SSSR count). The molecule has 0 radical (unpaired) electrons. The number of aryl methyl sites for hydroxylation is 1. The predicted octanol–water partition coefficient (Wildman–Crippen LogP) is 2.63.